The Hall–Kier alpha value is -10.8. The number of hydrogen-bond donors (Lipinski definition) is 1. The number of ether oxygens (including phenoxy) is 2. The number of Topliss-reactive ketones (excluding diaryl/α,β-unsaturated/α-hetero) is 1. The highest BCUT2D eigenvalue weighted by Gasteiger charge is 2.30. The predicted molar refractivity (Wildman–Crippen MR) is 460 cm³/mol. The van der Waals surface area contributed by atoms with Gasteiger partial charge >= 0.3 is 0 Å². The van der Waals surface area contributed by atoms with Gasteiger partial charge < -0.3 is 52.4 Å². The predicted octanol–water partition coefficient (Wildman–Crippen LogP) is 19.5. The van der Waals surface area contributed by atoms with E-state index in [1.807, 2.05) is 37.4 Å². The lowest BCUT2D eigenvalue weighted by atomic mass is 10.0. The topological polar surface area (TPSA) is 212 Å². The average Bonchev–Trinajstić information content (AvgIpc) is 1.74. The van der Waals surface area contributed by atoms with Gasteiger partial charge in [0, 0.05) is 204 Å². The molecule has 0 saturated heterocycles. The lowest BCUT2D eigenvalue weighted by Gasteiger charge is -2.26. The third kappa shape index (κ3) is 20.2. The molecule has 10 heterocycles. The Morgan fingerprint density at radius 2 is 0.872 bits per heavy atom. The van der Waals surface area contributed by atoms with Gasteiger partial charge in [-0.15, -0.1) is 0 Å². The van der Waals surface area contributed by atoms with Crippen LogP contribution in [0.5, 0.6) is 0 Å². The molecule has 0 radical (unpaired) electrons. The first-order chi connectivity index (χ1) is 56.5. The van der Waals surface area contributed by atoms with Crippen LogP contribution in [0.25, 0.3) is 64.5 Å². The number of pyridine rings is 2. The standard InChI is InChI=1S/C26H31FN2O2.C24H29N3O2.C22H23F2N5.C22H26N6/c1-18-4-9-24-23(16-18)22-10-13-28(3)14-11-25(22)29(24)17-26(31-15-12-19(2)30)20-5-7-21(27)8-6-20;1-17-4-5-22-21(14-17)20-8-12-26(3)15-23(20)27(22)16-24(29-13-9-18(2)28)19-6-10-25-11-7-19;1-14-3-6-21-18(11-14)16-7-9-28(2)10-8-22(16)29(21)13-20(26-27-25)17-5-4-15(23)12-19(17)24;1-15-4-7-21-19(12-15)18-8-10-27(3)11-9-22(18)28(21)14-20(25-26-23)17-6-5-16(2)24-13-17/h4-9,16,26H,10-15,17H2,1-3H3;4-7,10-11,14,24,28H,2,8-9,12-13,15-16H2,1,3H3;3-6,11-12,20H,7-10,13H2,1-2H3;4-7,12-13,20H,8-11,14H2,1-3H3. The highest BCUT2D eigenvalue weighted by molar-refractivity contribution is 5.89. The maximum atomic E-state index is 14.4. The normalized spacial score (nSPS) is 15.6. The van der Waals surface area contributed by atoms with Crippen LogP contribution in [0.4, 0.5) is 13.2 Å². The second-order valence-corrected chi connectivity index (χ2v) is 32.3. The number of azide groups is 2. The van der Waals surface area contributed by atoms with E-state index in [-0.39, 0.29) is 41.2 Å². The third-order valence-electron chi connectivity index (χ3n) is 23.6. The number of halogens is 3. The first kappa shape index (κ1) is 84.1. The van der Waals surface area contributed by atoms with Crippen LogP contribution in [-0.2, 0) is 91.9 Å². The molecule has 6 aromatic carbocycles. The zero-order valence-electron chi connectivity index (χ0n) is 69.3. The summed E-state index contributed by atoms with van der Waals surface area (Å²) in [5.41, 5.74) is 43.2. The number of rotatable bonds is 22. The molecule has 6 aromatic heterocycles. The fraction of sp³-hybridized carbons (Fsp3) is 0.394. The van der Waals surface area contributed by atoms with E-state index in [1.165, 1.54) is 130 Å². The SMILES string of the molecule is C=C(O)CCOC(Cn1c2c(c3cc(C)ccc31)CCN(C)C2)c1ccncc1.CC(=O)CCOC(Cn1c2c(c3cc(C)ccc31)CCN(C)CC2)c1ccc(F)cc1.Cc1ccc2c(c1)c1c(n2CC(N=[N+]=[N-])c2ccc(C)nc2)CCN(C)CC1.Cc1ccc2c(c1)c1c(n2CC(N=[N+]=[N-])c2ccc(F)cc2F)CCN(C)CC1. The summed E-state index contributed by atoms with van der Waals surface area (Å²) in [5, 5.41) is 22.7. The summed E-state index contributed by atoms with van der Waals surface area (Å²) in [6, 6.07) is 43.3. The number of carbonyl (C=O) groups excluding carboxylic acids is 1. The Labute approximate surface area is 684 Å². The lowest BCUT2D eigenvalue weighted by Crippen LogP contribution is -2.28. The summed E-state index contributed by atoms with van der Waals surface area (Å²) in [7, 11) is 8.65. The van der Waals surface area contributed by atoms with Crippen LogP contribution in [-0.4, -0.2) is 146 Å². The Morgan fingerprint density at radius 1 is 0.479 bits per heavy atom. The number of carbonyl (C=O) groups is 1. The number of aryl methyl sites for hydroxylation is 5. The van der Waals surface area contributed by atoms with Crippen LogP contribution in [0.1, 0.15) is 139 Å². The molecule has 23 heteroatoms. The zero-order valence-corrected chi connectivity index (χ0v) is 69.3. The van der Waals surface area contributed by atoms with E-state index in [0.717, 1.165) is 138 Å². The smallest absolute Gasteiger partial charge is 0.132 e. The van der Waals surface area contributed by atoms with Gasteiger partial charge in [-0.2, -0.15) is 0 Å². The summed E-state index contributed by atoms with van der Waals surface area (Å²) >= 11 is 0. The third-order valence-corrected chi connectivity index (χ3v) is 23.6. The summed E-state index contributed by atoms with van der Waals surface area (Å²) in [5.74, 6) is -1.34. The van der Waals surface area contributed by atoms with Crippen LogP contribution < -0.4 is 0 Å². The van der Waals surface area contributed by atoms with Gasteiger partial charge in [0.25, 0.3) is 0 Å². The molecular weight excluding hydrogens is 1470 g/mol. The Bertz CT molecular complexity index is 5620. The summed E-state index contributed by atoms with van der Waals surface area (Å²) < 4.78 is 63.1. The molecule has 117 heavy (non-hydrogen) atoms. The van der Waals surface area contributed by atoms with Crippen molar-refractivity contribution in [2.24, 2.45) is 10.2 Å². The molecular formula is C94H109F3N16O4. The molecule has 4 aliphatic heterocycles. The molecule has 0 bridgehead atoms. The quantitative estimate of drug-likeness (QED) is 0.0293. The number of fused-ring (bicyclic) bond motifs is 12. The van der Waals surface area contributed by atoms with Gasteiger partial charge in [0.2, 0.25) is 0 Å². The number of likely N-dealkylation sites (N-methyl/N-ethyl adjacent to an activating group) is 4. The van der Waals surface area contributed by atoms with Gasteiger partial charge in [-0.25, -0.2) is 13.2 Å². The molecule has 12 aromatic rings. The maximum absolute atomic E-state index is 14.4. The van der Waals surface area contributed by atoms with Crippen molar-refractivity contribution in [3.63, 3.8) is 0 Å². The number of nitrogens with zero attached hydrogens (tertiary/aromatic N) is 16. The van der Waals surface area contributed by atoms with Gasteiger partial charge in [-0.3, -0.25) is 14.8 Å². The van der Waals surface area contributed by atoms with E-state index in [1.54, 1.807) is 31.5 Å². The van der Waals surface area contributed by atoms with Crippen LogP contribution in [0.15, 0.2) is 181 Å². The number of aromatic nitrogens is 6. The van der Waals surface area contributed by atoms with Gasteiger partial charge in [0.1, 0.15) is 35.4 Å². The van der Waals surface area contributed by atoms with Gasteiger partial charge in [0.05, 0.1) is 44.1 Å². The number of ketones is 1. The summed E-state index contributed by atoms with van der Waals surface area (Å²) in [4.78, 5) is 35.5. The molecule has 4 atom stereocenters. The van der Waals surface area contributed by atoms with Crippen LogP contribution in [0.2, 0.25) is 0 Å². The Morgan fingerprint density at radius 3 is 1.31 bits per heavy atom. The Kier molecular flexibility index (Phi) is 27.7. The average molecular weight is 1580 g/mol. The van der Waals surface area contributed by atoms with E-state index < -0.39 is 17.7 Å². The number of hydrogen-bond acceptors (Lipinski definition) is 12. The Balaban J connectivity index is 0.000000136. The zero-order chi connectivity index (χ0) is 82.6. The number of aliphatic hydroxyl groups excluding tert-OH is 1. The first-order valence-corrected chi connectivity index (χ1v) is 40.9. The van der Waals surface area contributed by atoms with Crippen LogP contribution in [0.3, 0.4) is 0 Å². The molecule has 0 spiro atoms. The fourth-order valence-electron chi connectivity index (χ4n) is 17.2. The van der Waals surface area contributed by atoms with E-state index in [0.29, 0.717) is 45.7 Å². The van der Waals surface area contributed by atoms with Gasteiger partial charge in [-0.1, -0.05) is 87.6 Å². The molecule has 4 aliphatic rings. The van der Waals surface area contributed by atoms with Crippen LogP contribution >= 0.6 is 0 Å². The highest BCUT2D eigenvalue weighted by atomic mass is 19.1. The van der Waals surface area contributed by atoms with Crippen molar-refractivity contribution in [1.29, 1.82) is 0 Å². The molecule has 0 amide bonds. The summed E-state index contributed by atoms with van der Waals surface area (Å²) in [6.07, 6.45) is 12.9. The minimum atomic E-state index is -0.761. The molecule has 0 fully saturated rings. The molecule has 1 N–H and O–H groups in total. The molecule has 0 aliphatic carbocycles. The van der Waals surface area contributed by atoms with Gasteiger partial charge in [0.15, 0.2) is 0 Å². The largest absolute Gasteiger partial charge is 0.513 e. The monoisotopic (exact) mass is 1580 g/mol. The van der Waals surface area contributed by atoms with E-state index in [4.69, 9.17) is 15.0 Å². The minimum absolute atomic E-state index is 0.108. The van der Waals surface area contributed by atoms with Crippen molar-refractivity contribution in [2.75, 3.05) is 87.2 Å². The number of aliphatic hydroxyl groups is 1. The van der Waals surface area contributed by atoms with Gasteiger partial charge in [-0.05, 0) is 236 Å². The van der Waals surface area contributed by atoms with Crippen LogP contribution in [0, 0.1) is 52.1 Å². The van der Waals surface area contributed by atoms with Crippen molar-refractivity contribution in [1.82, 2.24) is 47.8 Å². The van der Waals surface area contributed by atoms with E-state index in [9.17, 15) is 28.6 Å². The van der Waals surface area contributed by atoms with Crippen molar-refractivity contribution < 1.29 is 32.5 Å². The maximum Gasteiger partial charge on any atom is 0.132 e. The molecule has 4 unspecified atom stereocenters. The molecule has 20 nitrogen and oxygen atoms in total. The fourth-order valence-corrected chi connectivity index (χ4v) is 17.2. The van der Waals surface area contributed by atoms with Crippen molar-refractivity contribution >= 4 is 49.4 Å². The minimum Gasteiger partial charge on any atom is -0.513 e. The number of benzene rings is 6. The lowest BCUT2D eigenvalue weighted by molar-refractivity contribution is -0.118. The highest BCUT2D eigenvalue weighted by Crippen LogP contribution is 2.39. The molecule has 610 valence electrons. The molecule has 16 rings (SSSR count). The summed E-state index contributed by atoms with van der Waals surface area (Å²) in [6.45, 7) is 26.9. The van der Waals surface area contributed by atoms with E-state index >= 15 is 0 Å². The second-order valence-electron chi connectivity index (χ2n) is 32.3. The molecule has 0 saturated carbocycles. The second kappa shape index (κ2) is 38.5. The van der Waals surface area contributed by atoms with Crippen molar-refractivity contribution in [2.45, 2.75) is 156 Å². The van der Waals surface area contributed by atoms with Crippen molar-refractivity contribution in [3.05, 3.63) is 304 Å². The van der Waals surface area contributed by atoms with Crippen molar-refractivity contribution in [3.8, 4) is 0 Å². The first-order valence-electron chi connectivity index (χ1n) is 40.9. The van der Waals surface area contributed by atoms with E-state index in [2.05, 4.69) is 203 Å².